The molecule has 2 aliphatic rings. The summed E-state index contributed by atoms with van der Waals surface area (Å²) in [4.78, 5) is 26.6. The summed E-state index contributed by atoms with van der Waals surface area (Å²) in [7, 11) is 0. The van der Waals surface area contributed by atoms with Crippen LogP contribution in [0.2, 0.25) is 0 Å². The molecule has 1 aliphatic carbocycles. The third-order valence-corrected chi connectivity index (χ3v) is 4.65. The van der Waals surface area contributed by atoms with Crippen molar-refractivity contribution in [3.63, 3.8) is 0 Å². The van der Waals surface area contributed by atoms with Crippen molar-refractivity contribution in [2.45, 2.75) is 71.4 Å². The molecular weight excluding hydrogens is 240 g/mol. The molecule has 1 saturated heterocycles. The number of nitrogens with one attached hydrogen (secondary N) is 1. The van der Waals surface area contributed by atoms with E-state index in [0.29, 0.717) is 6.42 Å². The Balaban J connectivity index is 2.13. The lowest BCUT2D eigenvalue weighted by Crippen LogP contribution is -2.64. The van der Waals surface area contributed by atoms with Crippen LogP contribution in [0, 0.1) is 5.41 Å². The van der Waals surface area contributed by atoms with Crippen LogP contribution in [-0.4, -0.2) is 35.3 Å². The van der Waals surface area contributed by atoms with Crippen LogP contribution in [0.15, 0.2) is 0 Å². The topological polar surface area (TPSA) is 49.4 Å². The van der Waals surface area contributed by atoms with E-state index >= 15 is 0 Å². The quantitative estimate of drug-likeness (QED) is 0.828. The smallest absolute Gasteiger partial charge is 0.245 e. The van der Waals surface area contributed by atoms with E-state index in [4.69, 9.17) is 0 Å². The summed E-state index contributed by atoms with van der Waals surface area (Å²) in [5.41, 5.74) is 0.234. The van der Waals surface area contributed by atoms with E-state index in [1.807, 2.05) is 18.7 Å². The van der Waals surface area contributed by atoms with E-state index in [-0.39, 0.29) is 29.3 Å². The Labute approximate surface area is 115 Å². The number of rotatable bonds is 5. The van der Waals surface area contributed by atoms with Gasteiger partial charge in [-0.15, -0.1) is 0 Å². The maximum Gasteiger partial charge on any atom is 0.245 e. The van der Waals surface area contributed by atoms with E-state index < -0.39 is 0 Å². The Hall–Kier alpha value is -1.06. The zero-order valence-electron chi connectivity index (χ0n) is 12.4. The SMILES string of the molecule is CCCC1NC(=O)C(CC)N(CC2(C)CCC2)C1=O. The average molecular weight is 266 g/mol. The number of carbonyl (C=O) groups is 2. The van der Waals surface area contributed by atoms with Gasteiger partial charge in [0.05, 0.1) is 0 Å². The molecule has 2 fully saturated rings. The lowest BCUT2D eigenvalue weighted by molar-refractivity contribution is -0.152. The zero-order chi connectivity index (χ0) is 14.0. The molecule has 1 heterocycles. The predicted molar refractivity (Wildman–Crippen MR) is 74.6 cm³/mol. The van der Waals surface area contributed by atoms with E-state index in [1.165, 1.54) is 19.3 Å². The molecule has 1 aliphatic heterocycles. The van der Waals surface area contributed by atoms with Crippen LogP contribution in [0.3, 0.4) is 0 Å². The number of carbonyl (C=O) groups excluding carboxylic acids is 2. The number of amides is 2. The van der Waals surface area contributed by atoms with Gasteiger partial charge in [0.2, 0.25) is 11.8 Å². The van der Waals surface area contributed by atoms with E-state index in [1.54, 1.807) is 0 Å². The van der Waals surface area contributed by atoms with Gasteiger partial charge in [0.1, 0.15) is 12.1 Å². The fourth-order valence-corrected chi connectivity index (χ4v) is 3.25. The summed E-state index contributed by atoms with van der Waals surface area (Å²) in [6.07, 6.45) is 5.96. The molecule has 4 heteroatoms. The lowest BCUT2D eigenvalue weighted by Gasteiger charge is -2.47. The average Bonchev–Trinajstić information content (AvgIpc) is 2.34. The molecule has 0 spiro atoms. The van der Waals surface area contributed by atoms with Crippen molar-refractivity contribution in [3.05, 3.63) is 0 Å². The van der Waals surface area contributed by atoms with Crippen molar-refractivity contribution in [3.8, 4) is 0 Å². The highest BCUT2D eigenvalue weighted by atomic mass is 16.2. The van der Waals surface area contributed by atoms with Gasteiger partial charge in [0.15, 0.2) is 0 Å². The van der Waals surface area contributed by atoms with Gasteiger partial charge in [0, 0.05) is 6.54 Å². The largest absolute Gasteiger partial charge is 0.343 e. The molecule has 1 N–H and O–H groups in total. The molecule has 0 aromatic carbocycles. The molecule has 0 aromatic rings. The second-order valence-corrected chi connectivity index (χ2v) is 6.40. The normalized spacial score (nSPS) is 29.9. The number of nitrogens with zero attached hydrogens (tertiary/aromatic N) is 1. The van der Waals surface area contributed by atoms with Gasteiger partial charge in [-0.1, -0.05) is 33.6 Å². The maximum absolute atomic E-state index is 12.6. The third-order valence-electron chi connectivity index (χ3n) is 4.65. The van der Waals surface area contributed by atoms with Crippen molar-refractivity contribution >= 4 is 11.8 Å². The fourth-order valence-electron chi connectivity index (χ4n) is 3.25. The molecule has 4 nitrogen and oxygen atoms in total. The number of piperazine rings is 1. The first-order valence-corrected chi connectivity index (χ1v) is 7.61. The molecule has 2 unspecified atom stereocenters. The fraction of sp³-hybridized carbons (Fsp3) is 0.867. The molecule has 108 valence electrons. The van der Waals surface area contributed by atoms with Gasteiger partial charge in [-0.05, 0) is 31.1 Å². The maximum atomic E-state index is 12.6. The zero-order valence-corrected chi connectivity index (χ0v) is 12.4. The van der Waals surface area contributed by atoms with Crippen LogP contribution in [0.5, 0.6) is 0 Å². The first kappa shape index (κ1) is 14.4. The predicted octanol–water partition coefficient (Wildman–Crippen LogP) is 2.08. The Bertz CT molecular complexity index is 363. The summed E-state index contributed by atoms with van der Waals surface area (Å²) in [5.74, 6) is 0.157. The highest BCUT2D eigenvalue weighted by Crippen LogP contribution is 2.41. The molecule has 0 aromatic heterocycles. The van der Waals surface area contributed by atoms with E-state index in [0.717, 1.165) is 19.4 Å². The number of hydrogen-bond donors (Lipinski definition) is 1. The summed E-state index contributed by atoms with van der Waals surface area (Å²) in [6, 6.07) is -0.568. The minimum absolute atomic E-state index is 0.0310. The molecule has 2 amide bonds. The van der Waals surface area contributed by atoms with E-state index in [2.05, 4.69) is 12.2 Å². The van der Waals surface area contributed by atoms with Gasteiger partial charge < -0.3 is 10.2 Å². The van der Waals surface area contributed by atoms with Crippen molar-refractivity contribution in [1.29, 1.82) is 0 Å². The Kier molecular flexibility index (Phi) is 4.16. The van der Waals surface area contributed by atoms with Gasteiger partial charge in [-0.25, -0.2) is 0 Å². The summed E-state index contributed by atoms with van der Waals surface area (Å²) in [6.45, 7) is 7.01. The third kappa shape index (κ3) is 2.77. The molecular formula is C15H26N2O2. The van der Waals surface area contributed by atoms with Gasteiger partial charge >= 0.3 is 0 Å². The molecule has 1 saturated carbocycles. The van der Waals surface area contributed by atoms with Gasteiger partial charge in [0.25, 0.3) is 0 Å². The minimum atomic E-state index is -0.302. The van der Waals surface area contributed by atoms with Crippen LogP contribution in [-0.2, 0) is 9.59 Å². The highest BCUT2D eigenvalue weighted by molar-refractivity contribution is 5.96. The standard InChI is InChI=1S/C15H26N2O2/c1-4-7-11-14(19)17(10-15(3)8-6-9-15)12(5-2)13(18)16-11/h11-12H,4-10H2,1-3H3,(H,16,18). The molecule has 0 radical (unpaired) electrons. The van der Waals surface area contributed by atoms with Crippen molar-refractivity contribution in [1.82, 2.24) is 10.2 Å². The summed E-state index contributed by atoms with van der Waals surface area (Å²) >= 11 is 0. The molecule has 2 atom stereocenters. The first-order valence-electron chi connectivity index (χ1n) is 7.61. The number of hydrogen-bond acceptors (Lipinski definition) is 2. The lowest BCUT2D eigenvalue weighted by atomic mass is 9.70. The van der Waals surface area contributed by atoms with Crippen LogP contribution in [0.1, 0.15) is 59.3 Å². The van der Waals surface area contributed by atoms with Crippen LogP contribution >= 0.6 is 0 Å². The molecule has 2 rings (SSSR count). The Morgan fingerprint density at radius 2 is 2.00 bits per heavy atom. The van der Waals surface area contributed by atoms with Gasteiger partial charge in [-0.3, -0.25) is 9.59 Å². The Morgan fingerprint density at radius 1 is 1.32 bits per heavy atom. The monoisotopic (exact) mass is 266 g/mol. The van der Waals surface area contributed by atoms with Gasteiger partial charge in [-0.2, -0.15) is 0 Å². The second kappa shape index (κ2) is 5.51. The van der Waals surface area contributed by atoms with Crippen LogP contribution in [0.25, 0.3) is 0 Å². The van der Waals surface area contributed by atoms with Crippen LogP contribution < -0.4 is 5.32 Å². The van der Waals surface area contributed by atoms with Crippen LogP contribution in [0.4, 0.5) is 0 Å². The highest BCUT2D eigenvalue weighted by Gasteiger charge is 2.43. The van der Waals surface area contributed by atoms with E-state index in [9.17, 15) is 9.59 Å². The molecule has 0 bridgehead atoms. The summed E-state index contributed by atoms with van der Waals surface area (Å²) in [5, 5.41) is 2.89. The second-order valence-electron chi connectivity index (χ2n) is 6.40. The van der Waals surface area contributed by atoms with Crippen molar-refractivity contribution in [2.24, 2.45) is 5.41 Å². The Morgan fingerprint density at radius 3 is 2.47 bits per heavy atom. The van der Waals surface area contributed by atoms with Crippen molar-refractivity contribution in [2.75, 3.05) is 6.54 Å². The summed E-state index contributed by atoms with van der Waals surface area (Å²) < 4.78 is 0. The van der Waals surface area contributed by atoms with Crippen molar-refractivity contribution < 1.29 is 9.59 Å². The first-order chi connectivity index (χ1) is 9.00. The minimum Gasteiger partial charge on any atom is -0.343 e. The molecule has 19 heavy (non-hydrogen) atoms.